The number of nitrogens with one attached hydrogen (secondary N) is 1. The second-order valence-electron chi connectivity index (χ2n) is 6.66. The van der Waals surface area contributed by atoms with Crippen molar-refractivity contribution < 1.29 is 14.3 Å². The van der Waals surface area contributed by atoms with Crippen molar-refractivity contribution in [2.45, 2.75) is 6.54 Å². The van der Waals surface area contributed by atoms with Crippen LogP contribution < -0.4 is 9.64 Å². The molecule has 0 saturated carbocycles. The number of hydrogen-bond acceptors (Lipinski definition) is 3. The Morgan fingerprint density at radius 3 is 2.31 bits per heavy atom. The smallest absolute Gasteiger partial charge is 0.299 e. The van der Waals surface area contributed by atoms with Gasteiger partial charge in [0.15, 0.2) is 0 Å². The summed E-state index contributed by atoms with van der Waals surface area (Å²) in [6.45, 7) is 0.307. The van der Waals surface area contributed by atoms with Gasteiger partial charge in [-0.05, 0) is 35.9 Å². The van der Waals surface area contributed by atoms with E-state index in [9.17, 15) is 9.59 Å². The molecular weight excluding hydrogens is 364 g/mol. The third-order valence-corrected chi connectivity index (χ3v) is 4.82. The molecule has 0 bridgehead atoms. The van der Waals surface area contributed by atoms with Crippen LogP contribution in [0.15, 0.2) is 85.1 Å². The highest BCUT2D eigenvalue weighted by Gasteiger charge is 2.27. The Labute approximate surface area is 168 Å². The van der Waals surface area contributed by atoms with E-state index in [0.717, 1.165) is 11.1 Å². The molecule has 5 nitrogen and oxygen atoms in total. The Balaban J connectivity index is 1.71. The van der Waals surface area contributed by atoms with Crippen LogP contribution in [0.4, 0.5) is 5.69 Å². The molecule has 0 aliphatic rings. The molecule has 0 atom stereocenters. The first-order valence-electron chi connectivity index (χ1n) is 9.27. The van der Waals surface area contributed by atoms with Gasteiger partial charge < -0.3 is 14.6 Å². The van der Waals surface area contributed by atoms with Gasteiger partial charge >= 0.3 is 0 Å². The van der Waals surface area contributed by atoms with E-state index in [2.05, 4.69) is 4.98 Å². The summed E-state index contributed by atoms with van der Waals surface area (Å²) in [6.07, 6.45) is 1.58. The van der Waals surface area contributed by atoms with Gasteiger partial charge in [0.1, 0.15) is 5.75 Å². The standard InChI is InChI=1S/C24H20N2O3/c1-29-19-12-13-22-20(14-19)21(15-25-22)23(27)24(28)26(18-10-6-3-7-11-18)16-17-8-4-2-5-9-17/h2-15,25H,16H2,1H3. The lowest BCUT2D eigenvalue weighted by Crippen LogP contribution is -2.36. The highest BCUT2D eigenvalue weighted by molar-refractivity contribution is 6.48. The van der Waals surface area contributed by atoms with Crippen molar-refractivity contribution in [3.63, 3.8) is 0 Å². The number of para-hydroxylation sites is 1. The number of carbonyl (C=O) groups is 2. The summed E-state index contributed by atoms with van der Waals surface area (Å²) < 4.78 is 5.26. The van der Waals surface area contributed by atoms with E-state index >= 15 is 0 Å². The molecule has 0 saturated heterocycles. The molecule has 0 unspecified atom stereocenters. The van der Waals surface area contributed by atoms with Gasteiger partial charge in [0, 0.05) is 22.8 Å². The second kappa shape index (κ2) is 8.02. The van der Waals surface area contributed by atoms with Crippen molar-refractivity contribution in [2.75, 3.05) is 12.0 Å². The molecule has 3 aromatic carbocycles. The van der Waals surface area contributed by atoms with Gasteiger partial charge in [0.05, 0.1) is 19.2 Å². The molecule has 0 aliphatic carbocycles. The maximum Gasteiger partial charge on any atom is 0.299 e. The van der Waals surface area contributed by atoms with Gasteiger partial charge in [-0.15, -0.1) is 0 Å². The zero-order valence-electron chi connectivity index (χ0n) is 16.0. The SMILES string of the molecule is COc1ccc2[nH]cc(C(=O)C(=O)N(Cc3ccccc3)c3ccccc3)c2c1. The first kappa shape index (κ1) is 18.5. The number of nitrogens with zero attached hydrogens (tertiary/aromatic N) is 1. The van der Waals surface area contributed by atoms with Gasteiger partial charge in [0.2, 0.25) is 0 Å². The molecule has 29 heavy (non-hydrogen) atoms. The quantitative estimate of drug-likeness (QED) is 0.391. The Kier molecular flexibility index (Phi) is 5.12. The molecule has 1 N–H and O–H groups in total. The van der Waals surface area contributed by atoms with Crippen molar-refractivity contribution in [1.82, 2.24) is 4.98 Å². The topological polar surface area (TPSA) is 62.4 Å². The van der Waals surface area contributed by atoms with E-state index in [1.54, 1.807) is 25.4 Å². The van der Waals surface area contributed by atoms with Crippen molar-refractivity contribution in [2.24, 2.45) is 0 Å². The molecular formula is C24H20N2O3. The third kappa shape index (κ3) is 3.75. The molecule has 0 radical (unpaired) electrons. The first-order chi connectivity index (χ1) is 14.2. The molecule has 4 aromatic rings. The Bertz CT molecular complexity index is 1150. The molecule has 0 aliphatic heterocycles. The van der Waals surface area contributed by atoms with E-state index in [4.69, 9.17) is 4.74 Å². The molecule has 144 valence electrons. The van der Waals surface area contributed by atoms with Gasteiger partial charge in [-0.1, -0.05) is 48.5 Å². The zero-order chi connectivity index (χ0) is 20.2. The lowest BCUT2D eigenvalue weighted by atomic mass is 10.1. The number of amides is 1. The fraction of sp³-hybridized carbons (Fsp3) is 0.0833. The number of hydrogen-bond donors (Lipinski definition) is 1. The number of aromatic nitrogens is 1. The lowest BCUT2D eigenvalue weighted by molar-refractivity contribution is -0.114. The number of ether oxygens (including phenoxy) is 1. The van der Waals surface area contributed by atoms with Crippen LogP contribution in [-0.2, 0) is 11.3 Å². The molecule has 1 heterocycles. The number of carbonyl (C=O) groups excluding carboxylic acids is 2. The number of rotatable bonds is 6. The van der Waals surface area contributed by atoms with Crippen LogP contribution in [0.2, 0.25) is 0 Å². The highest BCUT2D eigenvalue weighted by Crippen LogP contribution is 2.25. The number of Topliss-reactive ketones (excluding diaryl/α,β-unsaturated/α-hetero) is 1. The number of fused-ring (bicyclic) bond motifs is 1. The molecule has 0 fully saturated rings. The molecule has 1 aromatic heterocycles. The minimum absolute atomic E-state index is 0.307. The van der Waals surface area contributed by atoms with Gasteiger partial charge in [-0.25, -0.2) is 0 Å². The van der Waals surface area contributed by atoms with Crippen molar-refractivity contribution >= 4 is 28.3 Å². The monoisotopic (exact) mass is 384 g/mol. The summed E-state index contributed by atoms with van der Waals surface area (Å²) in [5.41, 5.74) is 2.72. The first-order valence-corrected chi connectivity index (χ1v) is 9.27. The predicted molar refractivity (Wildman–Crippen MR) is 113 cm³/mol. The predicted octanol–water partition coefficient (Wildman–Crippen LogP) is 4.59. The summed E-state index contributed by atoms with van der Waals surface area (Å²) in [4.78, 5) is 31.0. The third-order valence-electron chi connectivity index (χ3n) is 4.82. The largest absolute Gasteiger partial charge is 0.497 e. The minimum atomic E-state index is -0.580. The van der Waals surface area contributed by atoms with E-state index in [1.165, 1.54) is 4.90 Å². The summed E-state index contributed by atoms with van der Waals surface area (Å²) in [5.74, 6) is -0.518. The summed E-state index contributed by atoms with van der Waals surface area (Å²) >= 11 is 0. The van der Waals surface area contributed by atoms with E-state index in [0.29, 0.717) is 28.9 Å². The zero-order valence-corrected chi connectivity index (χ0v) is 16.0. The second-order valence-corrected chi connectivity index (χ2v) is 6.66. The number of anilines is 1. The summed E-state index contributed by atoms with van der Waals surface area (Å²) in [7, 11) is 1.57. The fourth-order valence-corrected chi connectivity index (χ4v) is 3.31. The normalized spacial score (nSPS) is 10.7. The van der Waals surface area contributed by atoms with Crippen LogP contribution >= 0.6 is 0 Å². The Morgan fingerprint density at radius 1 is 0.931 bits per heavy atom. The average Bonchev–Trinajstić information content (AvgIpc) is 3.21. The number of aromatic amines is 1. The van der Waals surface area contributed by atoms with Crippen LogP contribution in [-0.4, -0.2) is 23.8 Å². The summed E-state index contributed by atoms with van der Waals surface area (Å²) in [6, 6.07) is 24.2. The maximum absolute atomic E-state index is 13.3. The van der Waals surface area contributed by atoms with Crippen LogP contribution in [0.5, 0.6) is 5.75 Å². The molecule has 5 heteroatoms. The summed E-state index contributed by atoms with van der Waals surface area (Å²) in [5, 5.41) is 0.662. The van der Waals surface area contributed by atoms with Crippen molar-refractivity contribution in [3.8, 4) is 5.75 Å². The number of H-pyrrole nitrogens is 1. The Morgan fingerprint density at radius 2 is 1.62 bits per heavy atom. The average molecular weight is 384 g/mol. The number of methoxy groups -OCH3 is 1. The molecule has 0 spiro atoms. The highest BCUT2D eigenvalue weighted by atomic mass is 16.5. The number of ketones is 1. The maximum atomic E-state index is 13.3. The van der Waals surface area contributed by atoms with Gasteiger partial charge in [-0.3, -0.25) is 9.59 Å². The van der Waals surface area contributed by atoms with Crippen LogP contribution in [0.25, 0.3) is 10.9 Å². The van der Waals surface area contributed by atoms with Crippen LogP contribution in [0.1, 0.15) is 15.9 Å². The lowest BCUT2D eigenvalue weighted by Gasteiger charge is -2.22. The number of benzene rings is 3. The minimum Gasteiger partial charge on any atom is -0.497 e. The Hall–Kier alpha value is -3.86. The fourth-order valence-electron chi connectivity index (χ4n) is 3.31. The molecule has 1 amide bonds. The molecule has 4 rings (SSSR count). The van der Waals surface area contributed by atoms with Crippen LogP contribution in [0, 0.1) is 0 Å². The van der Waals surface area contributed by atoms with E-state index < -0.39 is 11.7 Å². The van der Waals surface area contributed by atoms with Gasteiger partial charge in [-0.2, -0.15) is 0 Å². The van der Waals surface area contributed by atoms with Crippen LogP contribution in [0.3, 0.4) is 0 Å². The van der Waals surface area contributed by atoms with Gasteiger partial charge in [0.25, 0.3) is 11.7 Å². The van der Waals surface area contributed by atoms with E-state index in [-0.39, 0.29) is 0 Å². The van der Waals surface area contributed by atoms with Crippen molar-refractivity contribution in [1.29, 1.82) is 0 Å². The van der Waals surface area contributed by atoms with Crippen molar-refractivity contribution in [3.05, 3.63) is 96.2 Å². The van der Waals surface area contributed by atoms with E-state index in [1.807, 2.05) is 66.7 Å².